The first-order valence-electron chi connectivity index (χ1n) is 8.69. The van der Waals surface area contributed by atoms with Crippen molar-refractivity contribution in [2.75, 3.05) is 6.61 Å². The van der Waals surface area contributed by atoms with E-state index in [2.05, 4.69) is 32.5 Å². The van der Waals surface area contributed by atoms with Crippen LogP contribution < -0.4 is 0 Å². The Bertz CT molecular complexity index is 474. The topological polar surface area (TPSA) is 61.8 Å². The fourth-order valence-corrected chi connectivity index (χ4v) is 5.63. The van der Waals surface area contributed by atoms with Gasteiger partial charge in [-0.2, -0.15) is 0 Å². The van der Waals surface area contributed by atoms with Gasteiger partial charge in [-0.25, -0.2) is 0 Å². The SMILES string of the molecule is CC[Si](/C=C/[C@@H]1C=C[C@@H](OC(C)=O)[C@@H](COC(C)=O)O1)(CC)CC. The lowest BCUT2D eigenvalue weighted by Crippen LogP contribution is -2.41. The third-order valence-corrected chi connectivity index (χ3v) is 9.82. The van der Waals surface area contributed by atoms with Gasteiger partial charge in [0.1, 0.15) is 18.8 Å². The molecular formula is C18H30O5Si. The van der Waals surface area contributed by atoms with E-state index in [1.54, 1.807) is 0 Å². The zero-order valence-corrected chi connectivity index (χ0v) is 16.4. The number of carbonyl (C=O) groups excluding carboxylic acids is 2. The van der Waals surface area contributed by atoms with Gasteiger partial charge in [-0.05, 0) is 6.08 Å². The molecule has 0 N–H and O–H groups in total. The minimum absolute atomic E-state index is 0.0693. The molecule has 0 aromatic carbocycles. The number of rotatable bonds is 8. The van der Waals surface area contributed by atoms with Crippen molar-refractivity contribution in [3.63, 3.8) is 0 Å². The predicted octanol–water partition coefficient (Wildman–Crippen LogP) is 3.41. The Morgan fingerprint density at radius 3 is 2.21 bits per heavy atom. The summed E-state index contributed by atoms with van der Waals surface area (Å²) in [6, 6.07) is 3.62. The molecule has 0 amide bonds. The van der Waals surface area contributed by atoms with E-state index in [0.717, 1.165) is 0 Å². The summed E-state index contributed by atoms with van der Waals surface area (Å²) in [5.41, 5.74) is 2.36. The van der Waals surface area contributed by atoms with Crippen LogP contribution in [0, 0.1) is 0 Å². The molecular weight excluding hydrogens is 324 g/mol. The molecule has 3 atom stereocenters. The van der Waals surface area contributed by atoms with Crippen molar-refractivity contribution in [1.29, 1.82) is 0 Å². The van der Waals surface area contributed by atoms with Crippen LogP contribution in [0.2, 0.25) is 18.1 Å². The van der Waals surface area contributed by atoms with Gasteiger partial charge in [0.15, 0.2) is 0 Å². The maximum absolute atomic E-state index is 11.2. The first-order chi connectivity index (χ1) is 11.4. The van der Waals surface area contributed by atoms with E-state index in [-0.39, 0.29) is 24.6 Å². The molecule has 1 rings (SSSR count). The summed E-state index contributed by atoms with van der Waals surface area (Å²) in [6.45, 7) is 9.52. The van der Waals surface area contributed by atoms with E-state index in [1.807, 2.05) is 12.2 Å². The van der Waals surface area contributed by atoms with Gasteiger partial charge in [0, 0.05) is 13.8 Å². The molecule has 1 aliphatic heterocycles. The second-order valence-electron chi connectivity index (χ2n) is 6.18. The van der Waals surface area contributed by atoms with Crippen molar-refractivity contribution in [1.82, 2.24) is 0 Å². The first kappa shape index (κ1) is 20.6. The Morgan fingerprint density at radius 1 is 1.08 bits per heavy atom. The molecule has 0 bridgehead atoms. The molecule has 6 heteroatoms. The van der Waals surface area contributed by atoms with Crippen LogP contribution >= 0.6 is 0 Å². The molecule has 1 aliphatic rings. The lowest BCUT2D eigenvalue weighted by molar-refractivity contribution is -0.161. The molecule has 24 heavy (non-hydrogen) atoms. The maximum Gasteiger partial charge on any atom is 0.303 e. The van der Waals surface area contributed by atoms with Crippen LogP contribution in [0.3, 0.4) is 0 Å². The summed E-state index contributed by atoms with van der Waals surface area (Å²) in [7, 11) is -1.37. The Hall–Kier alpha value is -1.40. The summed E-state index contributed by atoms with van der Waals surface area (Å²) < 4.78 is 16.3. The van der Waals surface area contributed by atoms with Crippen LogP contribution in [0.15, 0.2) is 23.9 Å². The first-order valence-corrected chi connectivity index (χ1v) is 11.4. The molecule has 136 valence electrons. The van der Waals surface area contributed by atoms with Gasteiger partial charge in [0.25, 0.3) is 0 Å². The monoisotopic (exact) mass is 354 g/mol. The van der Waals surface area contributed by atoms with Crippen molar-refractivity contribution < 1.29 is 23.8 Å². The molecule has 1 heterocycles. The number of carbonyl (C=O) groups is 2. The fraction of sp³-hybridized carbons (Fsp3) is 0.667. The van der Waals surface area contributed by atoms with E-state index in [9.17, 15) is 9.59 Å². The summed E-state index contributed by atoms with van der Waals surface area (Å²) in [4.78, 5) is 22.3. The second-order valence-corrected chi connectivity index (χ2v) is 11.4. The average molecular weight is 355 g/mol. The number of hydrogen-bond donors (Lipinski definition) is 0. The normalized spacial score (nSPS) is 24.1. The van der Waals surface area contributed by atoms with Crippen LogP contribution in [0.5, 0.6) is 0 Å². The number of esters is 2. The molecule has 0 unspecified atom stereocenters. The maximum atomic E-state index is 11.2. The Morgan fingerprint density at radius 2 is 1.71 bits per heavy atom. The van der Waals surface area contributed by atoms with E-state index < -0.39 is 20.3 Å². The second kappa shape index (κ2) is 9.79. The molecule has 0 aromatic heterocycles. The highest BCUT2D eigenvalue weighted by Crippen LogP contribution is 2.24. The summed E-state index contributed by atoms with van der Waals surface area (Å²) in [5, 5.41) is 0. The van der Waals surface area contributed by atoms with Crippen LogP contribution in [0.4, 0.5) is 0 Å². The lowest BCUT2D eigenvalue weighted by atomic mass is 10.1. The average Bonchev–Trinajstić information content (AvgIpc) is 2.55. The van der Waals surface area contributed by atoms with Crippen LogP contribution in [-0.4, -0.2) is 44.9 Å². The van der Waals surface area contributed by atoms with Gasteiger partial charge in [-0.3, -0.25) is 9.59 Å². The molecule has 0 radical (unpaired) electrons. The molecule has 0 saturated carbocycles. The third kappa shape index (κ3) is 6.24. The molecule has 0 saturated heterocycles. The Kier molecular flexibility index (Phi) is 8.42. The van der Waals surface area contributed by atoms with Crippen molar-refractivity contribution in [3.8, 4) is 0 Å². The van der Waals surface area contributed by atoms with Gasteiger partial charge in [0.2, 0.25) is 0 Å². The quantitative estimate of drug-likeness (QED) is 0.380. The van der Waals surface area contributed by atoms with Gasteiger partial charge >= 0.3 is 11.9 Å². The van der Waals surface area contributed by atoms with E-state index in [0.29, 0.717) is 0 Å². The highest BCUT2D eigenvalue weighted by Gasteiger charge is 2.30. The summed E-state index contributed by atoms with van der Waals surface area (Å²) >= 11 is 0. The van der Waals surface area contributed by atoms with Gasteiger partial charge in [0.05, 0.1) is 14.2 Å². The highest BCUT2D eigenvalue weighted by atomic mass is 28.3. The third-order valence-electron chi connectivity index (χ3n) is 4.69. The largest absolute Gasteiger partial charge is 0.463 e. The van der Waals surface area contributed by atoms with Gasteiger partial charge in [-0.1, -0.05) is 56.8 Å². The molecule has 0 aliphatic carbocycles. The molecule has 0 fully saturated rings. The standard InChI is InChI=1S/C18H30O5Si/c1-6-24(7-2,8-3)12-11-16-9-10-17(22-15(5)20)18(23-16)13-21-14(4)19/h9-12,16-18H,6-8,13H2,1-5H3/b12-11+/t16-,17+,18+/m0/s1. The van der Waals surface area contributed by atoms with Crippen LogP contribution in [-0.2, 0) is 23.8 Å². The number of hydrogen-bond acceptors (Lipinski definition) is 5. The molecule has 5 nitrogen and oxygen atoms in total. The summed E-state index contributed by atoms with van der Waals surface area (Å²) in [5.74, 6) is -0.763. The van der Waals surface area contributed by atoms with E-state index in [4.69, 9.17) is 14.2 Å². The van der Waals surface area contributed by atoms with Crippen molar-refractivity contribution in [3.05, 3.63) is 23.9 Å². The molecule has 0 spiro atoms. The Labute approximate surface area is 146 Å². The smallest absolute Gasteiger partial charge is 0.303 e. The van der Waals surface area contributed by atoms with Gasteiger partial charge < -0.3 is 14.2 Å². The zero-order chi connectivity index (χ0) is 18.2. The van der Waals surface area contributed by atoms with Crippen molar-refractivity contribution >= 4 is 20.0 Å². The van der Waals surface area contributed by atoms with Crippen molar-refractivity contribution in [2.24, 2.45) is 0 Å². The lowest BCUT2D eigenvalue weighted by Gasteiger charge is -2.31. The highest BCUT2D eigenvalue weighted by molar-refractivity contribution is 6.84. The fourth-order valence-electron chi connectivity index (χ4n) is 2.82. The molecule has 0 aromatic rings. The minimum Gasteiger partial charge on any atom is -0.463 e. The Balaban J connectivity index is 2.83. The zero-order valence-electron chi connectivity index (χ0n) is 15.4. The minimum atomic E-state index is -1.37. The van der Waals surface area contributed by atoms with Crippen molar-refractivity contribution in [2.45, 2.75) is 71.1 Å². The summed E-state index contributed by atoms with van der Waals surface area (Å²) in [6.07, 6.45) is 4.61. The van der Waals surface area contributed by atoms with Crippen LogP contribution in [0.25, 0.3) is 0 Å². The van der Waals surface area contributed by atoms with Gasteiger partial charge in [-0.15, -0.1) is 0 Å². The number of ether oxygens (including phenoxy) is 3. The van der Waals surface area contributed by atoms with Crippen LogP contribution in [0.1, 0.15) is 34.6 Å². The predicted molar refractivity (Wildman–Crippen MR) is 96.3 cm³/mol. The van der Waals surface area contributed by atoms with E-state index in [1.165, 1.54) is 32.0 Å². The van der Waals surface area contributed by atoms with E-state index >= 15 is 0 Å².